The van der Waals surface area contributed by atoms with Crippen molar-refractivity contribution in [3.8, 4) is 0 Å². The van der Waals surface area contributed by atoms with Gasteiger partial charge in [-0.1, -0.05) is 34.6 Å². The molecule has 0 aromatic carbocycles. The molecule has 0 aliphatic heterocycles. The van der Waals surface area contributed by atoms with Gasteiger partial charge in [-0.25, -0.2) is 0 Å². The molecule has 0 aromatic heterocycles. The first-order valence-corrected chi connectivity index (χ1v) is 4.05. The molecule has 56 valence electrons. The van der Waals surface area contributed by atoms with Crippen molar-refractivity contribution in [2.45, 2.75) is 34.6 Å². The van der Waals surface area contributed by atoms with E-state index in [4.69, 9.17) is 0 Å². The smallest absolute Gasteiger partial charge is 0.00414 e. The van der Waals surface area contributed by atoms with Crippen molar-refractivity contribution in [3.63, 3.8) is 0 Å². The minimum atomic E-state index is 0.343. The van der Waals surface area contributed by atoms with Gasteiger partial charge >= 0.3 is 0 Å². The van der Waals surface area contributed by atoms with Crippen LogP contribution in [0.3, 0.4) is 0 Å². The van der Waals surface area contributed by atoms with E-state index in [0.29, 0.717) is 10.8 Å². The van der Waals surface area contributed by atoms with E-state index in [0.717, 1.165) is 5.75 Å². The summed E-state index contributed by atoms with van der Waals surface area (Å²) in [5.41, 5.74) is 0.713. The first-order chi connectivity index (χ1) is 3.81. The van der Waals surface area contributed by atoms with Crippen molar-refractivity contribution < 1.29 is 0 Å². The summed E-state index contributed by atoms with van der Waals surface area (Å²) in [5, 5.41) is 0. The van der Waals surface area contributed by atoms with E-state index in [9.17, 15) is 0 Å². The molecule has 0 aliphatic carbocycles. The molecule has 0 N–H and O–H groups in total. The molecule has 0 aliphatic rings. The summed E-state index contributed by atoms with van der Waals surface area (Å²) in [5.74, 6) is 0.955. The lowest BCUT2D eigenvalue weighted by atomic mass is 9.71. The van der Waals surface area contributed by atoms with Crippen molar-refractivity contribution in [3.05, 3.63) is 0 Å². The van der Waals surface area contributed by atoms with Crippen LogP contribution in [-0.2, 0) is 0 Å². The Labute approximate surface area is 64.4 Å². The first-order valence-electron chi connectivity index (χ1n) is 3.42. The number of hydrogen-bond acceptors (Lipinski definition) is 1. The molecule has 0 fully saturated rings. The standard InChI is InChI=1S/C8H18S/c1-7(2,3)8(4,5)6-9/h9H,6H2,1-5H3. The van der Waals surface area contributed by atoms with Crippen LogP contribution in [0.25, 0.3) is 0 Å². The Morgan fingerprint density at radius 1 is 1.00 bits per heavy atom. The van der Waals surface area contributed by atoms with E-state index in [-0.39, 0.29) is 0 Å². The van der Waals surface area contributed by atoms with E-state index in [1.54, 1.807) is 0 Å². The maximum absolute atomic E-state index is 4.29. The van der Waals surface area contributed by atoms with E-state index in [1.165, 1.54) is 0 Å². The molecule has 0 atom stereocenters. The molecular formula is C8H18S. The topological polar surface area (TPSA) is 0 Å². The highest BCUT2D eigenvalue weighted by atomic mass is 32.1. The molecule has 0 rings (SSSR count). The summed E-state index contributed by atoms with van der Waals surface area (Å²) in [7, 11) is 0. The highest BCUT2D eigenvalue weighted by Gasteiger charge is 2.30. The zero-order valence-electron chi connectivity index (χ0n) is 7.15. The van der Waals surface area contributed by atoms with Gasteiger partial charge in [0.15, 0.2) is 0 Å². The van der Waals surface area contributed by atoms with Gasteiger partial charge < -0.3 is 0 Å². The Hall–Kier alpha value is 0.350. The Bertz CT molecular complexity index is 87.2. The Balaban J connectivity index is 4.14. The van der Waals surface area contributed by atoms with Crippen molar-refractivity contribution in [2.75, 3.05) is 5.75 Å². The number of thiol groups is 1. The van der Waals surface area contributed by atoms with E-state index in [2.05, 4.69) is 47.2 Å². The molecule has 0 unspecified atom stereocenters. The predicted molar refractivity (Wildman–Crippen MR) is 47.1 cm³/mol. The highest BCUT2D eigenvalue weighted by molar-refractivity contribution is 7.80. The summed E-state index contributed by atoms with van der Waals surface area (Å²) in [6.07, 6.45) is 0. The molecule has 0 heterocycles. The molecule has 0 spiro atoms. The normalized spacial score (nSPS) is 14.0. The lowest BCUT2D eigenvalue weighted by Gasteiger charge is -2.37. The fourth-order valence-electron chi connectivity index (χ4n) is 0.237. The fourth-order valence-corrected chi connectivity index (χ4v) is 0.712. The molecule has 0 bridgehead atoms. The third kappa shape index (κ3) is 2.21. The molecule has 0 nitrogen and oxygen atoms in total. The molecule has 0 aromatic rings. The van der Waals surface area contributed by atoms with Crippen LogP contribution in [0.5, 0.6) is 0 Å². The average Bonchev–Trinajstić information content (AvgIpc) is 1.64. The second-order valence-electron chi connectivity index (χ2n) is 4.29. The predicted octanol–water partition coefficient (Wildman–Crippen LogP) is 2.99. The van der Waals surface area contributed by atoms with Crippen LogP contribution < -0.4 is 0 Å². The van der Waals surface area contributed by atoms with Gasteiger partial charge in [0.25, 0.3) is 0 Å². The minimum absolute atomic E-state index is 0.343. The summed E-state index contributed by atoms with van der Waals surface area (Å²) in [4.78, 5) is 0. The van der Waals surface area contributed by atoms with Gasteiger partial charge in [0.1, 0.15) is 0 Å². The van der Waals surface area contributed by atoms with Gasteiger partial charge in [-0.05, 0) is 16.6 Å². The van der Waals surface area contributed by atoms with Gasteiger partial charge in [-0.15, -0.1) is 0 Å². The molecule has 0 radical (unpaired) electrons. The summed E-state index contributed by atoms with van der Waals surface area (Å²) >= 11 is 4.29. The second kappa shape index (κ2) is 2.53. The van der Waals surface area contributed by atoms with Crippen LogP contribution in [0.4, 0.5) is 0 Å². The summed E-state index contributed by atoms with van der Waals surface area (Å²) in [6.45, 7) is 11.3. The Morgan fingerprint density at radius 2 is 1.33 bits per heavy atom. The molecule has 1 heteroatoms. The van der Waals surface area contributed by atoms with Crippen molar-refractivity contribution in [2.24, 2.45) is 10.8 Å². The van der Waals surface area contributed by atoms with Gasteiger partial charge in [0.05, 0.1) is 0 Å². The largest absolute Gasteiger partial charge is 0.179 e. The van der Waals surface area contributed by atoms with Crippen LogP contribution >= 0.6 is 12.6 Å². The van der Waals surface area contributed by atoms with Crippen molar-refractivity contribution in [1.29, 1.82) is 0 Å². The van der Waals surface area contributed by atoms with E-state index in [1.807, 2.05) is 0 Å². The maximum Gasteiger partial charge on any atom is -0.00414 e. The lowest BCUT2D eigenvalue weighted by Crippen LogP contribution is -2.31. The van der Waals surface area contributed by atoms with Crippen molar-refractivity contribution in [1.82, 2.24) is 0 Å². The van der Waals surface area contributed by atoms with Crippen molar-refractivity contribution >= 4 is 12.6 Å². The van der Waals surface area contributed by atoms with Gasteiger partial charge in [0, 0.05) is 0 Å². The summed E-state index contributed by atoms with van der Waals surface area (Å²) in [6, 6.07) is 0. The van der Waals surface area contributed by atoms with Gasteiger partial charge in [0.2, 0.25) is 0 Å². The van der Waals surface area contributed by atoms with Crippen LogP contribution in [0.1, 0.15) is 34.6 Å². The van der Waals surface area contributed by atoms with Gasteiger partial charge in [-0.2, -0.15) is 12.6 Å². The van der Waals surface area contributed by atoms with Crippen LogP contribution in [0.15, 0.2) is 0 Å². The maximum atomic E-state index is 4.29. The lowest BCUT2D eigenvalue weighted by molar-refractivity contribution is 0.163. The molecule has 9 heavy (non-hydrogen) atoms. The average molecular weight is 146 g/mol. The quantitative estimate of drug-likeness (QED) is 0.540. The Morgan fingerprint density at radius 3 is 1.33 bits per heavy atom. The van der Waals surface area contributed by atoms with Crippen LogP contribution in [0, 0.1) is 10.8 Å². The van der Waals surface area contributed by atoms with Crippen LogP contribution in [0.2, 0.25) is 0 Å². The molecule has 0 saturated heterocycles. The molecule has 0 amide bonds. The van der Waals surface area contributed by atoms with Gasteiger partial charge in [-0.3, -0.25) is 0 Å². The highest BCUT2D eigenvalue weighted by Crippen LogP contribution is 2.38. The fraction of sp³-hybridized carbons (Fsp3) is 1.00. The molecular weight excluding hydrogens is 128 g/mol. The zero-order chi connectivity index (χ0) is 7.71. The zero-order valence-corrected chi connectivity index (χ0v) is 8.05. The second-order valence-corrected chi connectivity index (χ2v) is 4.61. The Kier molecular flexibility index (Phi) is 2.63. The van der Waals surface area contributed by atoms with E-state index < -0.39 is 0 Å². The first kappa shape index (κ1) is 9.35. The van der Waals surface area contributed by atoms with E-state index >= 15 is 0 Å². The third-order valence-electron chi connectivity index (χ3n) is 2.43. The van der Waals surface area contributed by atoms with Crippen LogP contribution in [-0.4, -0.2) is 5.75 Å². The SMILES string of the molecule is CC(C)(C)C(C)(C)CS. The number of hydrogen-bond donors (Lipinski definition) is 1. The molecule has 0 saturated carbocycles. The summed E-state index contributed by atoms with van der Waals surface area (Å²) < 4.78 is 0. The third-order valence-corrected chi connectivity index (χ3v) is 3.22. The number of rotatable bonds is 1. The monoisotopic (exact) mass is 146 g/mol. The minimum Gasteiger partial charge on any atom is -0.179 e.